The lowest BCUT2D eigenvalue weighted by atomic mass is 10.1. The molecule has 122 valence electrons. The lowest BCUT2D eigenvalue weighted by molar-refractivity contribution is 0.0503. The first-order chi connectivity index (χ1) is 11.1. The fourth-order valence-corrected chi connectivity index (χ4v) is 3.27. The highest BCUT2D eigenvalue weighted by molar-refractivity contribution is 7.09. The predicted molar refractivity (Wildman–Crippen MR) is 87.0 cm³/mol. The van der Waals surface area contributed by atoms with Gasteiger partial charge >= 0.3 is 0 Å². The summed E-state index contributed by atoms with van der Waals surface area (Å²) in [6.45, 7) is 3.59. The average Bonchev–Trinajstić information content (AvgIpc) is 3.20. The number of rotatable bonds is 5. The summed E-state index contributed by atoms with van der Waals surface area (Å²) in [5, 5.41) is 2.65. The largest absolute Gasteiger partial charge is 0.376 e. The topological polar surface area (TPSA) is 42.4 Å². The van der Waals surface area contributed by atoms with Crippen LogP contribution in [0.15, 0.2) is 29.6 Å². The zero-order chi connectivity index (χ0) is 16.2. The average molecular weight is 334 g/mol. The van der Waals surface area contributed by atoms with Crippen molar-refractivity contribution in [2.24, 2.45) is 0 Å². The van der Waals surface area contributed by atoms with E-state index < -0.39 is 0 Å². The Morgan fingerprint density at radius 3 is 2.83 bits per heavy atom. The number of carbonyl (C=O) groups excluding carboxylic acids is 1. The van der Waals surface area contributed by atoms with Crippen LogP contribution in [0, 0.1) is 12.7 Å². The lowest BCUT2D eigenvalue weighted by Crippen LogP contribution is -2.37. The molecule has 1 amide bonds. The third kappa shape index (κ3) is 4.14. The monoisotopic (exact) mass is 334 g/mol. The van der Waals surface area contributed by atoms with Crippen LogP contribution >= 0.6 is 11.3 Å². The number of aryl methyl sites for hydroxylation is 1. The third-order valence-corrected chi connectivity index (χ3v) is 4.63. The number of thiazole rings is 1. The molecule has 1 saturated heterocycles. The van der Waals surface area contributed by atoms with Gasteiger partial charge in [0.2, 0.25) is 0 Å². The molecule has 2 aromatic rings. The van der Waals surface area contributed by atoms with E-state index in [1.807, 2.05) is 6.92 Å². The van der Waals surface area contributed by atoms with Gasteiger partial charge < -0.3 is 9.64 Å². The van der Waals surface area contributed by atoms with Gasteiger partial charge in [-0.25, -0.2) is 9.37 Å². The van der Waals surface area contributed by atoms with Crippen LogP contribution in [0.4, 0.5) is 4.39 Å². The second-order valence-electron chi connectivity index (χ2n) is 5.70. The molecule has 1 aliphatic heterocycles. The molecule has 1 fully saturated rings. The maximum atomic E-state index is 13.1. The lowest BCUT2D eigenvalue weighted by Gasteiger charge is -2.25. The summed E-state index contributed by atoms with van der Waals surface area (Å²) in [4.78, 5) is 18.8. The van der Waals surface area contributed by atoms with Crippen molar-refractivity contribution in [2.75, 3.05) is 13.2 Å². The maximum absolute atomic E-state index is 13.1. The molecule has 0 saturated carbocycles. The Morgan fingerprint density at radius 2 is 2.22 bits per heavy atom. The highest BCUT2D eigenvalue weighted by atomic mass is 32.1. The second kappa shape index (κ2) is 7.19. The van der Waals surface area contributed by atoms with E-state index >= 15 is 0 Å². The van der Waals surface area contributed by atoms with Gasteiger partial charge in [0.15, 0.2) is 0 Å². The number of nitrogens with zero attached hydrogens (tertiary/aromatic N) is 2. The van der Waals surface area contributed by atoms with Gasteiger partial charge in [-0.05, 0) is 37.5 Å². The number of aromatic nitrogens is 1. The minimum Gasteiger partial charge on any atom is -0.376 e. The summed E-state index contributed by atoms with van der Waals surface area (Å²) >= 11 is 1.46. The molecule has 2 heterocycles. The molecular formula is C17H19FN2O2S. The number of hydrogen-bond acceptors (Lipinski definition) is 4. The minimum absolute atomic E-state index is 0.0686. The molecule has 0 radical (unpaired) electrons. The smallest absolute Gasteiger partial charge is 0.273 e. The molecule has 0 spiro atoms. The summed E-state index contributed by atoms with van der Waals surface area (Å²) in [7, 11) is 0. The summed E-state index contributed by atoms with van der Waals surface area (Å²) in [6, 6.07) is 6.24. The second-order valence-corrected chi connectivity index (χ2v) is 6.76. The predicted octanol–water partition coefficient (Wildman–Crippen LogP) is 3.41. The Kier molecular flexibility index (Phi) is 5.03. The van der Waals surface area contributed by atoms with E-state index in [2.05, 4.69) is 4.98 Å². The Morgan fingerprint density at radius 1 is 1.43 bits per heavy atom. The van der Waals surface area contributed by atoms with Crippen molar-refractivity contribution in [3.63, 3.8) is 0 Å². The molecule has 1 atom stereocenters. The molecule has 23 heavy (non-hydrogen) atoms. The van der Waals surface area contributed by atoms with Crippen molar-refractivity contribution in [3.05, 3.63) is 51.7 Å². The molecule has 1 aromatic carbocycles. The van der Waals surface area contributed by atoms with Gasteiger partial charge in [0.1, 0.15) is 11.5 Å². The SMILES string of the molecule is Cc1nc(C(=O)N(Cc2ccc(F)cc2)C[C@H]2CCCO2)cs1. The number of hydrogen-bond donors (Lipinski definition) is 0. The molecule has 1 aliphatic rings. The molecule has 1 aromatic heterocycles. The van der Waals surface area contributed by atoms with Crippen molar-refractivity contribution in [1.82, 2.24) is 9.88 Å². The van der Waals surface area contributed by atoms with Crippen LogP contribution in [-0.2, 0) is 11.3 Å². The molecule has 4 nitrogen and oxygen atoms in total. The molecule has 0 bridgehead atoms. The third-order valence-electron chi connectivity index (χ3n) is 3.86. The number of amides is 1. The van der Waals surface area contributed by atoms with Gasteiger partial charge in [0, 0.05) is 25.1 Å². The van der Waals surface area contributed by atoms with E-state index in [1.165, 1.54) is 23.5 Å². The van der Waals surface area contributed by atoms with Gasteiger partial charge in [-0.2, -0.15) is 0 Å². The van der Waals surface area contributed by atoms with Crippen molar-refractivity contribution in [3.8, 4) is 0 Å². The van der Waals surface area contributed by atoms with Crippen molar-refractivity contribution >= 4 is 17.2 Å². The summed E-state index contributed by atoms with van der Waals surface area (Å²) in [6.07, 6.45) is 2.06. The fraction of sp³-hybridized carbons (Fsp3) is 0.412. The van der Waals surface area contributed by atoms with Crippen LogP contribution in [0.3, 0.4) is 0 Å². The van der Waals surface area contributed by atoms with E-state index in [0.717, 1.165) is 30.0 Å². The first-order valence-electron chi connectivity index (χ1n) is 7.69. The minimum atomic E-state index is -0.277. The standard InChI is InChI=1S/C17H19FN2O2S/c1-12-19-16(11-23-12)17(21)20(10-15-3-2-8-22-15)9-13-4-6-14(18)7-5-13/h4-7,11,15H,2-3,8-10H2,1H3/t15-/m1/s1. The molecule has 6 heteroatoms. The molecule has 0 N–H and O–H groups in total. The zero-order valence-corrected chi connectivity index (χ0v) is 13.8. The maximum Gasteiger partial charge on any atom is 0.273 e. The Bertz CT molecular complexity index is 665. The quantitative estimate of drug-likeness (QED) is 0.841. The highest BCUT2D eigenvalue weighted by Crippen LogP contribution is 2.18. The van der Waals surface area contributed by atoms with Crippen molar-refractivity contribution in [1.29, 1.82) is 0 Å². The van der Waals surface area contributed by atoms with E-state index in [4.69, 9.17) is 4.74 Å². The molecular weight excluding hydrogens is 315 g/mol. The van der Waals surface area contributed by atoms with Gasteiger partial charge in [0.05, 0.1) is 11.1 Å². The van der Waals surface area contributed by atoms with E-state index in [0.29, 0.717) is 18.8 Å². The summed E-state index contributed by atoms with van der Waals surface area (Å²) < 4.78 is 18.7. The Hall–Kier alpha value is -1.79. The van der Waals surface area contributed by atoms with Crippen LogP contribution in [-0.4, -0.2) is 35.0 Å². The Balaban J connectivity index is 1.77. The van der Waals surface area contributed by atoms with Crippen LogP contribution in [0.2, 0.25) is 0 Å². The Labute approximate surface area is 138 Å². The van der Waals surface area contributed by atoms with Gasteiger partial charge in [0.25, 0.3) is 5.91 Å². The fourth-order valence-electron chi connectivity index (χ4n) is 2.69. The zero-order valence-electron chi connectivity index (χ0n) is 13.0. The molecule has 0 aliphatic carbocycles. The number of ether oxygens (including phenoxy) is 1. The number of benzene rings is 1. The first kappa shape index (κ1) is 16.1. The van der Waals surface area contributed by atoms with Gasteiger partial charge in [-0.3, -0.25) is 4.79 Å². The van der Waals surface area contributed by atoms with Crippen LogP contribution < -0.4 is 0 Å². The van der Waals surface area contributed by atoms with Gasteiger partial charge in [-0.15, -0.1) is 11.3 Å². The van der Waals surface area contributed by atoms with Gasteiger partial charge in [-0.1, -0.05) is 12.1 Å². The van der Waals surface area contributed by atoms with Crippen LogP contribution in [0.25, 0.3) is 0 Å². The van der Waals surface area contributed by atoms with Crippen LogP contribution in [0.1, 0.15) is 33.9 Å². The summed E-state index contributed by atoms with van der Waals surface area (Å²) in [5.74, 6) is -0.380. The number of carbonyl (C=O) groups is 1. The van der Waals surface area contributed by atoms with Crippen molar-refractivity contribution < 1.29 is 13.9 Å². The molecule has 0 unspecified atom stereocenters. The van der Waals surface area contributed by atoms with E-state index in [-0.39, 0.29) is 17.8 Å². The van der Waals surface area contributed by atoms with Crippen LogP contribution in [0.5, 0.6) is 0 Å². The van der Waals surface area contributed by atoms with Crippen molar-refractivity contribution in [2.45, 2.75) is 32.4 Å². The summed E-state index contributed by atoms with van der Waals surface area (Å²) in [5.41, 5.74) is 1.36. The normalized spacial score (nSPS) is 17.4. The highest BCUT2D eigenvalue weighted by Gasteiger charge is 2.24. The number of halogens is 1. The van der Waals surface area contributed by atoms with E-state index in [9.17, 15) is 9.18 Å². The molecule has 3 rings (SSSR count). The van der Waals surface area contributed by atoms with E-state index in [1.54, 1.807) is 22.4 Å². The first-order valence-corrected chi connectivity index (χ1v) is 8.57.